The van der Waals surface area contributed by atoms with E-state index in [1.54, 1.807) is 13.4 Å². The highest BCUT2D eigenvalue weighted by molar-refractivity contribution is 4.97. The van der Waals surface area contributed by atoms with Gasteiger partial charge in [0.15, 0.2) is 0 Å². The van der Waals surface area contributed by atoms with Crippen molar-refractivity contribution in [3.05, 3.63) is 24.2 Å². The van der Waals surface area contributed by atoms with Crippen molar-refractivity contribution < 1.29 is 9.15 Å². The predicted molar refractivity (Wildman–Crippen MR) is 59.8 cm³/mol. The largest absolute Gasteiger partial charge is 0.468 e. The quantitative estimate of drug-likeness (QED) is 0.631. The van der Waals surface area contributed by atoms with E-state index in [1.165, 1.54) is 0 Å². The summed E-state index contributed by atoms with van der Waals surface area (Å²) >= 11 is 0. The number of methoxy groups -OCH3 is 1. The van der Waals surface area contributed by atoms with Crippen molar-refractivity contribution >= 4 is 0 Å². The summed E-state index contributed by atoms with van der Waals surface area (Å²) in [6, 6.07) is 3.86. The van der Waals surface area contributed by atoms with Gasteiger partial charge in [0.25, 0.3) is 0 Å². The smallest absolute Gasteiger partial charge is 0.117 e. The van der Waals surface area contributed by atoms with E-state index < -0.39 is 0 Å². The lowest BCUT2D eigenvalue weighted by molar-refractivity contribution is 0.117. The van der Waals surface area contributed by atoms with Crippen molar-refractivity contribution in [3.8, 4) is 0 Å². The van der Waals surface area contributed by atoms with Crippen LogP contribution in [-0.4, -0.2) is 32.8 Å². The third-order valence-corrected chi connectivity index (χ3v) is 2.19. The minimum atomic E-state index is 0.273. The number of rotatable bonds is 8. The van der Waals surface area contributed by atoms with E-state index in [2.05, 4.69) is 10.6 Å². The molecule has 0 spiro atoms. The van der Waals surface area contributed by atoms with Gasteiger partial charge in [0.2, 0.25) is 0 Å². The van der Waals surface area contributed by atoms with Crippen LogP contribution in [-0.2, 0) is 11.3 Å². The van der Waals surface area contributed by atoms with Gasteiger partial charge in [0.05, 0.1) is 18.9 Å². The van der Waals surface area contributed by atoms with Crippen LogP contribution < -0.4 is 10.6 Å². The fourth-order valence-corrected chi connectivity index (χ4v) is 1.19. The SMILES string of the molecule is COC(C)CNCCNCc1ccco1. The first-order valence-corrected chi connectivity index (χ1v) is 5.29. The molecule has 1 rings (SSSR count). The Morgan fingerprint density at radius 3 is 2.87 bits per heavy atom. The van der Waals surface area contributed by atoms with Gasteiger partial charge in [-0.1, -0.05) is 0 Å². The highest BCUT2D eigenvalue weighted by Gasteiger charge is 1.97. The number of hydrogen-bond donors (Lipinski definition) is 2. The highest BCUT2D eigenvalue weighted by Crippen LogP contribution is 1.97. The molecule has 1 heterocycles. The molecule has 2 N–H and O–H groups in total. The molecule has 0 saturated carbocycles. The molecule has 15 heavy (non-hydrogen) atoms. The molecule has 0 saturated heterocycles. The van der Waals surface area contributed by atoms with Gasteiger partial charge >= 0.3 is 0 Å². The Hall–Kier alpha value is -0.840. The Bertz CT molecular complexity index is 237. The van der Waals surface area contributed by atoms with Gasteiger partial charge in [-0.15, -0.1) is 0 Å². The van der Waals surface area contributed by atoms with Gasteiger partial charge in [-0.25, -0.2) is 0 Å². The van der Waals surface area contributed by atoms with Crippen molar-refractivity contribution in [1.29, 1.82) is 0 Å². The monoisotopic (exact) mass is 212 g/mol. The van der Waals surface area contributed by atoms with Gasteiger partial charge in [-0.2, -0.15) is 0 Å². The third kappa shape index (κ3) is 5.57. The van der Waals surface area contributed by atoms with Crippen LogP contribution >= 0.6 is 0 Å². The molecule has 0 aromatic carbocycles. The van der Waals surface area contributed by atoms with Crippen molar-refractivity contribution in [3.63, 3.8) is 0 Å². The van der Waals surface area contributed by atoms with E-state index in [0.29, 0.717) is 0 Å². The van der Waals surface area contributed by atoms with E-state index in [-0.39, 0.29) is 6.10 Å². The second-order valence-electron chi connectivity index (χ2n) is 3.51. The van der Waals surface area contributed by atoms with E-state index in [1.807, 2.05) is 19.1 Å². The van der Waals surface area contributed by atoms with Gasteiger partial charge in [-0.3, -0.25) is 0 Å². The molecule has 0 bridgehead atoms. The van der Waals surface area contributed by atoms with Crippen molar-refractivity contribution in [2.75, 3.05) is 26.7 Å². The summed E-state index contributed by atoms with van der Waals surface area (Å²) in [7, 11) is 1.72. The second kappa shape index (κ2) is 7.45. The maximum Gasteiger partial charge on any atom is 0.117 e. The molecule has 0 aliphatic rings. The molecule has 86 valence electrons. The first-order chi connectivity index (χ1) is 7.33. The van der Waals surface area contributed by atoms with Crippen LogP contribution in [0.15, 0.2) is 22.8 Å². The van der Waals surface area contributed by atoms with Crippen LogP contribution in [0.2, 0.25) is 0 Å². The van der Waals surface area contributed by atoms with Crippen LogP contribution in [0, 0.1) is 0 Å². The van der Waals surface area contributed by atoms with Crippen molar-refractivity contribution in [2.24, 2.45) is 0 Å². The Morgan fingerprint density at radius 2 is 2.20 bits per heavy atom. The van der Waals surface area contributed by atoms with Crippen LogP contribution in [0.4, 0.5) is 0 Å². The standard InChI is InChI=1S/C11H20N2O2/c1-10(14-2)8-12-5-6-13-9-11-4-3-7-15-11/h3-4,7,10,12-13H,5-6,8-9H2,1-2H3. The van der Waals surface area contributed by atoms with Crippen LogP contribution in [0.25, 0.3) is 0 Å². The maximum absolute atomic E-state index is 5.19. The molecule has 0 amide bonds. The normalized spacial score (nSPS) is 12.9. The minimum absolute atomic E-state index is 0.273. The third-order valence-electron chi connectivity index (χ3n) is 2.19. The number of hydrogen-bond acceptors (Lipinski definition) is 4. The number of nitrogens with one attached hydrogen (secondary N) is 2. The molecule has 0 radical (unpaired) electrons. The first kappa shape index (κ1) is 12.2. The highest BCUT2D eigenvalue weighted by atomic mass is 16.5. The summed E-state index contributed by atoms with van der Waals surface area (Å²) < 4.78 is 10.3. The van der Waals surface area contributed by atoms with Gasteiger partial charge in [-0.05, 0) is 19.1 Å². The fraction of sp³-hybridized carbons (Fsp3) is 0.636. The minimum Gasteiger partial charge on any atom is -0.468 e. The van der Waals surface area contributed by atoms with Gasteiger partial charge in [0.1, 0.15) is 5.76 Å². The average Bonchev–Trinajstić information content (AvgIpc) is 2.75. The van der Waals surface area contributed by atoms with Crippen molar-refractivity contribution in [1.82, 2.24) is 10.6 Å². The topological polar surface area (TPSA) is 46.4 Å². The maximum atomic E-state index is 5.19. The lowest BCUT2D eigenvalue weighted by Crippen LogP contribution is -2.32. The van der Waals surface area contributed by atoms with Gasteiger partial charge < -0.3 is 19.8 Å². The van der Waals surface area contributed by atoms with Crippen LogP contribution in [0.5, 0.6) is 0 Å². The predicted octanol–water partition coefficient (Wildman–Crippen LogP) is 0.994. The second-order valence-corrected chi connectivity index (χ2v) is 3.51. The molecule has 1 aromatic heterocycles. The molecule has 4 nitrogen and oxygen atoms in total. The summed E-state index contributed by atoms with van der Waals surface area (Å²) in [5.41, 5.74) is 0. The van der Waals surface area contributed by atoms with E-state index >= 15 is 0 Å². The lowest BCUT2D eigenvalue weighted by Gasteiger charge is -2.10. The molecular weight excluding hydrogens is 192 g/mol. The average molecular weight is 212 g/mol. The molecule has 1 unspecified atom stereocenters. The van der Waals surface area contributed by atoms with Crippen LogP contribution in [0.1, 0.15) is 12.7 Å². The summed E-state index contributed by atoms with van der Waals surface area (Å²) in [5, 5.41) is 6.58. The summed E-state index contributed by atoms with van der Waals surface area (Å²) in [6.07, 6.45) is 1.96. The van der Waals surface area contributed by atoms with Gasteiger partial charge in [0, 0.05) is 26.7 Å². The molecule has 1 atom stereocenters. The van der Waals surface area contributed by atoms with Crippen molar-refractivity contribution in [2.45, 2.75) is 19.6 Å². The van der Waals surface area contributed by atoms with Crippen LogP contribution in [0.3, 0.4) is 0 Å². The summed E-state index contributed by atoms with van der Waals surface area (Å²) in [4.78, 5) is 0. The molecule has 4 heteroatoms. The van der Waals surface area contributed by atoms with E-state index in [0.717, 1.165) is 31.9 Å². The van der Waals surface area contributed by atoms with E-state index in [4.69, 9.17) is 9.15 Å². The summed E-state index contributed by atoms with van der Waals surface area (Å²) in [6.45, 7) is 5.59. The van der Waals surface area contributed by atoms with E-state index in [9.17, 15) is 0 Å². The number of ether oxygens (including phenoxy) is 1. The molecule has 0 aliphatic heterocycles. The Kier molecular flexibility index (Phi) is 6.08. The molecule has 0 aliphatic carbocycles. The lowest BCUT2D eigenvalue weighted by atomic mass is 10.4. The molecule has 0 fully saturated rings. The Morgan fingerprint density at radius 1 is 1.40 bits per heavy atom. The zero-order valence-electron chi connectivity index (χ0n) is 9.45. The molecule has 1 aromatic rings. The molecular formula is C11H20N2O2. The Labute approximate surface area is 91.0 Å². The first-order valence-electron chi connectivity index (χ1n) is 5.29. The Balaban J connectivity index is 1.89. The fourth-order valence-electron chi connectivity index (χ4n) is 1.19. The zero-order valence-corrected chi connectivity index (χ0v) is 9.45. The number of furan rings is 1. The summed E-state index contributed by atoms with van der Waals surface area (Å²) in [5.74, 6) is 0.972. The zero-order chi connectivity index (χ0) is 10.9.